The minimum Gasteiger partial charge on any atom is -0.369 e. The highest BCUT2D eigenvalue weighted by molar-refractivity contribution is 6.52. The van der Waals surface area contributed by atoms with Gasteiger partial charge in [-0.25, -0.2) is 0 Å². The van der Waals surface area contributed by atoms with Crippen LogP contribution in [0.2, 0.25) is 0 Å². The second-order valence-electron chi connectivity index (χ2n) is 12.6. The molecule has 2 aromatic heterocycles. The van der Waals surface area contributed by atoms with E-state index in [1.54, 1.807) is 30.6 Å². The maximum Gasteiger partial charge on any atom is 0.180 e. The summed E-state index contributed by atoms with van der Waals surface area (Å²) in [4.78, 5) is 34.4. The van der Waals surface area contributed by atoms with E-state index in [9.17, 15) is 14.9 Å². The molecule has 0 radical (unpaired) electrons. The minimum absolute atomic E-state index is 0.0119. The van der Waals surface area contributed by atoms with Crippen LogP contribution in [0, 0.1) is 33.5 Å². The number of rotatable bonds is 1. The zero-order valence-electron chi connectivity index (χ0n) is 24.3. The molecule has 6 aliphatic rings. The Morgan fingerprint density at radius 3 is 1.79 bits per heavy atom. The van der Waals surface area contributed by atoms with Crippen molar-refractivity contribution in [1.29, 1.82) is 10.5 Å². The number of piperidine rings is 2. The van der Waals surface area contributed by atoms with E-state index in [2.05, 4.69) is 26.3 Å². The number of allylic oxidation sites excluding steroid dienone is 2. The van der Waals surface area contributed by atoms with Crippen molar-refractivity contribution in [3.63, 3.8) is 0 Å². The number of likely N-dealkylation sites (tertiary alicyclic amines) is 1. The summed E-state index contributed by atoms with van der Waals surface area (Å²) >= 11 is 5.88. The number of aromatic nitrogens is 2. The predicted molar refractivity (Wildman–Crippen MR) is 163 cm³/mol. The van der Waals surface area contributed by atoms with Gasteiger partial charge in [0.2, 0.25) is 0 Å². The summed E-state index contributed by atoms with van der Waals surface area (Å²) in [5, 5.41) is 21.7. The van der Waals surface area contributed by atoms with Crippen LogP contribution >= 0.6 is 11.6 Å². The number of pyridine rings is 2. The van der Waals surface area contributed by atoms with Crippen molar-refractivity contribution in [2.45, 2.75) is 64.2 Å². The predicted octanol–water partition coefficient (Wildman–Crippen LogP) is 5.15. The van der Waals surface area contributed by atoms with Crippen molar-refractivity contribution >= 4 is 33.9 Å². The van der Waals surface area contributed by atoms with Crippen LogP contribution < -0.4 is 5.32 Å². The van der Waals surface area contributed by atoms with E-state index in [1.165, 1.54) is 64.5 Å². The SMILES string of the molecule is C1CC2(CCN1)CC2.N#CC1=C(Cl)c2ncccc2CC1=O.N#CC1=C(N2CCC3(CC2)CC3)c2ncccc2CC1=O. The lowest BCUT2D eigenvalue weighted by Gasteiger charge is -2.37. The van der Waals surface area contributed by atoms with Gasteiger partial charge in [0.25, 0.3) is 0 Å². The van der Waals surface area contributed by atoms with E-state index in [0.717, 1.165) is 41.0 Å². The van der Waals surface area contributed by atoms with Gasteiger partial charge in [-0.2, -0.15) is 10.5 Å². The van der Waals surface area contributed by atoms with Crippen LogP contribution in [0.25, 0.3) is 10.7 Å². The topological polar surface area (TPSA) is 123 Å². The van der Waals surface area contributed by atoms with Gasteiger partial charge in [-0.15, -0.1) is 0 Å². The third-order valence-electron chi connectivity index (χ3n) is 9.87. The molecule has 2 saturated heterocycles. The van der Waals surface area contributed by atoms with Crippen molar-refractivity contribution in [2.75, 3.05) is 26.2 Å². The number of nitriles is 2. The first-order chi connectivity index (χ1) is 20.9. The third kappa shape index (κ3) is 6.13. The van der Waals surface area contributed by atoms with Gasteiger partial charge in [0.05, 0.1) is 22.1 Å². The van der Waals surface area contributed by atoms with Gasteiger partial charge in [-0.05, 0) is 98.5 Å². The average Bonchev–Trinajstić information content (AvgIpc) is 3.97. The number of Topliss-reactive ketones (excluding diaryl/α,β-unsaturated/α-hetero) is 2. The number of carbonyl (C=O) groups excluding carboxylic acids is 2. The smallest absolute Gasteiger partial charge is 0.180 e. The largest absolute Gasteiger partial charge is 0.369 e. The number of nitrogens with zero attached hydrogens (tertiary/aromatic N) is 5. The van der Waals surface area contributed by atoms with Gasteiger partial charge in [-0.1, -0.05) is 23.7 Å². The molecular formula is C34H35ClN6O2. The van der Waals surface area contributed by atoms with Crippen LogP contribution in [0.3, 0.4) is 0 Å². The standard InChI is InChI=1S/C17H17N3O.C10H5ClN2O.C7H13N/c18-11-13-14(21)10-12-2-1-7-19-15(12)16(13)20-8-5-17(3-4-17)6-9-20;11-9-7(5-12)8(14)4-6-2-1-3-13-10(6)9;1-2-7(1)3-5-8-6-4-7/h1-2,7H,3-6,8-10H2;1-3H,4H2;8H,1-6H2. The molecule has 0 aromatic carbocycles. The molecule has 8 nitrogen and oxygen atoms in total. The number of halogens is 1. The number of carbonyl (C=O) groups is 2. The van der Waals surface area contributed by atoms with E-state index in [4.69, 9.17) is 16.9 Å². The van der Waals surface area contributed by atoms with E-state index in [-0.39, 0.29) is 28.6 Å². The monoisotopic (exact) mass is 594 g/mol. The van der Waals surface area contributed by atoms with E-state index >= 15 is 0 Å². The Morgan fingerprint density at radius 1 is 0.744 bits per heavy atom. The fourth-order valence-electron chi connectivity index (χ4n) is 6.64. The molecule has 2 aromatic rings. The maximum absolute atomic E-state index is 12.2. The normalized spacial score (nSPS) is 22.3. The Labute approximate surface area is 257 Å². The summed E-state index contributed by atoms with van der Waals surface area (Å²) in [6.45, 7) is 4.42. The number of hydrogen-bond donors (Lipinski definition) is 1. The zero-order chi connectivity index (χ0) is 30.0. The highest BCUT2D eigenvalue weighted by Crippen LogP contribution is 2.54. The number of hydrogen-bond acceptors (Lipinski definition) is 8. The quantitative estimate of drug-likeness (QED) is 0.481. The molecule has 1 N–H and O–H groups in total. The van der Waals surface area contributed by atoms with Crippen molar-refractivity contribution in [2.24, 2.45) is 10.8 Å². The molecular weight excluding hydrogens is 560 g/mol. The lowest BCUT2D eigenvalue weighted by Crippen LogP contribution is -2.36. The van der Waals surface area contributed by atoms with E-state index < -0.39 is 0 Å². The van der Waals surface area contributed by atoms with Crippen molar-refractivity contribution < 1.29 is 9.59 Å². The van der Waals surface area contributed by atoms with Gasteiger partial charge < -0.3 is 10.2 Å². The molecule has 220 valence electrons. The first-order valence-corrected chi connectivity index (χ1v) is 15.6. The van der Waals surface area contributed by atoms with Gasteiger partial charge in [0.15, 0.2) is 11.6 Å². The third-order valence-corrected chi connectivity index (χ3v) is 10.2. The Bertz CT molecular complexity index is 1590. The summed E-state index contributed by atoms with van der Waals surface area (Å²) in [5.74, 6) is -0.308. The molecule has 0 atom stereocenters. The fraction of sp³-hybridized carbons (Fsp3) is 0.471. The van der Waals surface area contributed by atoms with Gasteiger partial charge in [0.1, 0.15) is 23.3 Å². The number of fused-ring (bicyclic) bond motifs is 2. The van der Waals surface area contributed by atoms with Crippen molar-refractivity contribution in [3.05, 3.63) is 70.3 Å². The van der Waals surface area contributed by atoms with Gasteiger partial charge in [-0.3, -0.25) is 19.6 Å². The van der Waals surface area contributed by atoms with Crippen LogP contribution in [0.4, 0.5) is 0 Å². The first kappa shape index (κ1) is 29.2. The number of nitrogens with one attached hydrogen (secondary N) is 1. The molecule has 0 unspecified atom stereocenters. The zero-order valence-corrected chi connectivity index (χ0v) is 25.1. The van der Waals surface area contributed by atoms with Gasteiger partial charge >= 0.3 is 0 Å². The maximum atomic E-state index is 12.2. The minimum atomic E-state index is -0.238. The van der Waals surface area contributed by atoms with E-state index in [0.29, 0.717) is 23.1 Å². The molecule has 4 heterocycles. The Balaban J connectivity index is 0.000000128. The first-order valence-electron chi connectivity index (χ1n) is 15.2. The molecule has 2 saturated carbocycles. The molecule has 9 heteroatoms. The molecule has 2 spiro atoms. The van der Waals surface area contributed by atoms with Crippen LogP contribution in [-0.2, 0) is 22.4 Å². The number of ketones is 2. The molecule has 8 rings (SSSR count). The Kier molecular flexibility index (Phi) is 8.18. The van der Waals surface area contributed by atoms with Crippen LogP contribution in [0.1, 0.15) is 73.9 Å². The van der Waals surface area contributed by atoms with Crippen molar-refractivity contribution in [1.82, 2.24) is 20.2 Å². The fourth-order valence-corrected chi connectivity index (χ4v) is 6.96. The summed E-state index contributed by atoms with van der Waals surface area (Å²) in [6, 6.07) is 11.3. The molecule has 2 aliphatic heterocycles. The second kappa shape index (κ2) is 12.0. The highest BCUT2D eigenvalue weighted by atomic mass is 35.5. The second-order valence-corrected chi connectivity index (χ2v) is 13.0. The molecule has 4 aliphatic carbocycles. The lowest BCUT2D eigenvalue weighted by molar-refractivity contribution is -0.115. The summed E-state index contributed by atoms with van der Waals surface area (Å²) < 4.78 is 0. The lowest BCUT2D eigenvalue weighted by atomic mass is 9.88. The van der Waals surface area contributed by atoms with Crippen LogP contribution in [-0.4, -0.2) is 52.6 Å². The Morgan fingerprint density at radius 2 is 1.26 bits per heavy atom. The summed E-state index contributed by atoms with van der Waals surface area (Å²) in [6.07, 6.45) is 14.8. The average molecular weight is 595 g/mol. The van der Waals surface area contributed by atoms with E-state index in [1.807, 2.05) is 12.1 Å². The molecule has 43 heavy (non-hydrogen) atoms. The van der Waals surface area contributed by atoms with Crippen LogP contribution in [0.15, 0.2) is 47.8 Å². The summed E-state index contributed by atoms with van der Waals surface area (Å²) in [5.41, 5.74) is 5.64. The highest BCUT2D eigenvalue weighted by Gasteiger charge is 2.45. The summed E-state index contributed by atoms with van der Waals surface area (Å²) in [7, 11) is 0. The van der Waals surface area contributed by atoms with Crippen LogP contribution in [0.5, 0.6) is 0 Å². The Hall–Kier alpha value is -3.85. The van der Waals surface area contributed by atoms with Gasteiger partial charge in [0, 0.05) is 38.3 Å². The van der Waals surface area contributed by atoms with Crippen molar-refractivity contribution in [3.8, 4) is 12.1 Å². The molecule has 0 bridgehead atoms. The molecule has 4 fully saturated rings. The molecule has 0 amide bonds.